The summed E-state index contributed by atoms with van der Waals surface area (Å²) in [5.41, 5.74) is 0.743. The molecule has 0 aliphatic rings. The Balaban J connectivity index is 1.62. The number of benzene rings is 3. The lowest BCUT2D eigenvalue weighted by Gasteiger charge is -2.11. The van der Waals surface area contributed by atoms with Crippen LogP contribution in [-0.2, 0) is 10.0 Å². The number of hydrogen-bond acceptors (Lipinski definition) is 5. The molecule has 1 aromatic heterocycles. The number of thiazole rings is 1. The average molecular weight is 504 g/mol. The molecule has 0 unspecified atom stereocenters. The van der Waals surface area contributed by atoms with Gasteiger partial charge in [0.2, 0.25) is 0 Å². The fourth-order valence-corrected chi connectivity index (χ4v) is 5.50. The minimum atomic E-state index is -4.00. The summed E-state index contributed by atoms with van der Waals surface area (Å²) in [5.74, 6) is -0.125. The minimum absolute atomic E-state index is 0.0183. The van der Waals surface area contributed by atoms with Crippen LogP contribution in [0.1, 0.15) is 0 Å². The molecule has 0 spiro atoms. The Morgan fingerprint density at radius 2 is 1.77 bits per heavy atom. The second-order valence-electron chi connectivity index (χ2n) is 6.05. The number of sulfonamides is 1. The van der Waals surface area contributed by atoms with Crippen LogP contribution in [0, 0.1) is 5.82 Å². The molecular formula is C19H10Cl3FN2O3S2. The zero-order valence-corrected chi connectivity index (χ0v) is 18.6. The molecule has 154 valence electrons. The largest absolute Gasteiger partial charge is 0.431 e. The first kappa shape index (κ1) is 21.1. The predicted molar refractivity (Wildman–Crippen MR) is 118 cm³/mol. The summed E-state index contributed by atoms with van der Waals surface area (Å²) >= 11 is 19.1. The van der Waals surface area contributed by atoms with Gasteiger partial charge in [-0.2, -0.15) is 0 Å². The van der Waals surface area contributed by atoms with Crippen molar-refractivity contribution in [3.05, 3.63) is 75.5 Å². The van der Waals surface area contributed by atoms with E-state index in [1.165, 1.54) is 48.5 Å². The van der Waals surface area contributed by atoms with Crippen LogP contribution in [0.4, 0.5) is 10.1 Å². The van der Waals surface area contributed by atoms with Crippen LogP contribution in [0.25, 0.3) is 10.2 Å². The molecule has 4 aromatic rings. The second kappa shape index (κ2) is 8.20. The van der Waals surface area contributed by atoms with Gasteiger partial charge in [0.1, 0.15) is 16.5 Å². The summed E-state index contributed by atoms with van der Waals surface area (Å²) in [4.78, 5) is 4.13. The molecule has 0 radical (unpaired) electrons. The van der Waals surface area contributed by atoms with Gasteiger partial charge in [0.05, 0.1) is 20.9 Å². The number of hydrogen-bond donors (Lipinski definition) is 1. The Labute approximate surface area is 190 Å². The maximum atomic E-state index is 13.4. The summed E-state index contributed by atoms with van der Waals surface area (Å²) in [6, 6.07) is 12.6. The van der Waals surface area contributed by atoms with Gasteiger partial charge >= 0.3 is 0 Å². The van der Waals surface area contributed by atoms with E-state index in [9.17, 15) is 12.8 Å². The van der Waals surface area contributed by atoms with Crippen LogP contribution < -0.4 is 9.46 Å². The van der Waals surface area contributed by atoms with E-state index >= 15 is 0 Å². The van der Waals surface area contributed by atoms with Crippen LogP contribution in [0.5, 0.6) is 10.9 Å². The molecule has 0 atom stereocenters. The molecular weight excluding hydrogens is 494 g/mol. The molecule has 4 rings (SSSR count). The summed E-state index contributed by atoms with van der Waals surface area (Å²) in [7, 11) is -4.00. The van der Waals surface area contributed by atoms with Crippen molar-refractivity contribution in [3.63, 3.8) is 0 Å². The van der Waals surface area contributed by atoms with E-state index in [0.29, 0.717) is 15.2 Å². The Hall–Kier alpha value is -2.10. The molecule has 0 saturated carbocycles. The summed E-state index contributed by atoms with van der Waals surface area (Å²) in [6.45, 7) is 0. The molecule has 11 heteroatoms. The van der Waals surface area contributed by atoms with Gasteiger partial charge in [0.15, 0.2) is 0 Å². The highest BCUT2D eigenvalue weighted by Crippen LogP contribution is 2.35. The van der Waals surface area contributed by atoms with E-state index in [0.717, 1.165) is 11.3 Å². The first-order valence-electron chi connectivity index (χ1n) is 8.22. The number of anilines is 1. The van der Waals surface area contributed by atoms with Gasteiger partial charge in [-0.25, -0.2) is 17.8 Å². The highest BCUT2D eigenvalue weighted by Gasteiger charge is 2.19. The van der Waals surface area contributed by atoms with Gasteiger partial charge in [-0.05, 0) is 48.5 Å². The lowest BCUT2D eigenvalue weighted by molar-refractivity contribution is 0.480. The predicted octanol–water partition coefficient (Wildman–Crippen LogP) is 6.99. The van der Waals surface area contributed by atoms with Gasteiger partial charge in [0.25, 0.3) is 15.2 Å². The second-order valence-corrected chi connectivity index (χ2v) is 9.97. The molecule has 0 amide bonds. The Morgan fingerprint density at radius 1 is 0.967 bits per heavy atom. The topological polar surface area (TPSA) is 68.3 Å². The number of nitrogens with zero attached hydrogens (tertiary/aromatic N) is 1. The van der Waals surface area contributed by atoms with Crippen LogP contribution in [0.3, 0.4) is 0 Å². The number of rotatable bonds is 5. The fourth-order valence-electron chi connectivity index (χ4n) is 2.61. The number of fused-ring (bicyclic) bond motifs is 1. The minimum Gasteiger partial charge on any atom is -0.431 e. The number of halogens is 4. The molecule has 30 heavy (non-hydrogen) atoms. The van der Waals surface area contributed by atoms with Gasteiger partial charge in [-0.1, -0.05) is 46.1 Å². The van der Waals surface area contributed by atoms with Gasteiger partial charge < -0.3 is 4.74 Å². The molecule has 1 heterocycles. The third-order valence-corrected chi connectivity index (χ3v) is 7.06. The van der Waals surface area contributed by atoms with Crippen molar-refractivity contribution < 1.29 is 17.5 Å². The van der Waals surface area contributed by atoms with E-state index in [1.54, 1.807) is 6.07 Å². The summed E-state index contributed by atoms with van der Waals surface area (Å²) < 4.78 is 47.5. The number of ether oxygens (including phenoxy) is 1. The highest BCUT2D eigenvalue weighted by atomic mass is 35.5. The number of aromatic nitrogens is 1. The molecule has 0 bridgehead atoms. The lowest BCUT2D eigenvalue weighted by Crippen LogP contribution is -2.13. The monoisotopic (exact) mass is 502 g/mol. The SMILES string of the molecule is O=S(=O)(Nc1cc(Cl)cc(Oc2nc3ccc(F)cc3s2)c1)c1ccc(Cl)cc1Cl. The summed E-state index contributed by atoms with van der Waals surface area (Å²) in [5, 5.41) is 0.787. The third kappa shape index (κ3) is 4.63. The van der Waals surface area contributed by atoms with Crippen molar-refractivity contribution >= 4 is 72.1 Å². The van der Waals surface area contributed by atoms with Crippen LogP contribution >= 0.6 is 46.1 Å². The van der Waals surface area contributed by atoms with E-state index in [4.69, 9.17) is 39.5 Å². The first-order valence-corrected chi connectivity index (χ1v) is 11.7. The quantitative estimate of drug-likeness (QED) is 0.319. The van der Waals surface area contributed by atoms with Crippen molar-refractivity contribution in [3.8, 4) is 10.9 Å². The number of nitrogens with one attached hydrogen (secondary N) is 1. The van der Waals surface area contributed by atoms with Crippen LogP contribution in [0.2, 0.25) is 15.1 Å². The smallest absolute Gasteiger partial charge is 0.279 e. The summed E-state index contributed by atoms with van der Waals surface area (Å²) in [6.07, 6.45) is 0. The van der Waals surface area contributed by atoms with Crippen molar-refractivity contribution in [2.45, 2.75) is 4.90 Å². The Morgan fingerprint density at radius 3 is 2.53 bits per heavy atom. The normalized spacial score (nSPS) is 11.6. The Bertz CT molecular complexity index is 1380. The average Bonchev–Trinajstić information content (AvgIpc) is 3.01. The van der Waals surface area contributed by atoms with Crippen molar-refractivity contribution in [2.24, 2.45) is 0 Å². The zero-order valence-electron chi connectivity index (χ0n) is 14.7. The van der Waals surface area contributed by atoms with E-state index < -0.39 is 10.0 Å². The molecule has 0 aliphatic heterocycles. The van der Waals surface area contributed by atoms with E-state index in [-0.39, 0.29) is 37.4 Å². The van der Waals surface area contributed by atoms with Crippen molar-refractivity contribution in [1.82, 2.24) is 4.98 Å². The molecule has 0 fully saturated rings. The molecule has 1 N–H and O–H groups in total. The molecule has 0 saturated heterocycles. The van der Waals surface area contributed by atoms with E-state index in [1.807, 2.05) is 0 Å². The van der Waals surface area contributed by atoms with Gasteiger partial charge in [-0.3, -0.25) is 4.72 Å². The zero-order chi connectivity index (χ0) is 21.5. The molecule has 0 aliphatic carbocycles. The van der Waals surface area contributed by atoms with Crippen molar-refractivity contribution in [2.75, 3.05) is 4.72 Å². The maximum absolute atomic E-state index is 13.4. The van der Waals surface area contributed by atoms with Gasteiger partial charge in [0, 0.05) is 16.1 Å². The van der Waals surface area contributed by atoms with Gasteiger partial charge in [-0.15, -0.1) is 0 Å². The molecule has 5 nitrogen and oxygen atoms in total. The van der Waals surface area contributed by atoms with Crippen LogP contribution in [-0.4, -0.2) is 13.4 Å². The van der Waals surface area contributed by atoms with Crippen LogP contribution in [0.15, 0.2) is 59.5 Å². The fraction of sp³-hybridized carbons (Fsp3) is 0. The highest BCUT2D eigenvalue weighted by molar-refractivity contribution is 7.92. The van der Waals surface area contributed by atoms with E-state index in [2.05, 4.69) is 9.71 Å². The maximum Gasteiger partial charge on any atom is 0.279 e. The first-order chi connectivity index (χ1) is 14.2. The lowest BCUT2D eigenvalue weighted by atomic mass is 10.3. The standard InChI is InChI=1S/C19H10Cl3FN2O3S2/c20-10-1-4-18(15(22)7-10)30(26,27)25-13-5-11(21)6-14(9-13)28-19-24-16-3-2-12(23)8-17(16)29-19/h1-9,25H. The van der Waals surface area contributed by atoms with Crippen molar-refractivity contribution in [1.29, 1.82) is 0 Å². The Kier molecular flexibility index (Phi) is 5.78. The third-order valence-electron chi connectivity index (χ3n) is 3.84. The molecule has 3 aromatic carbocycles.